The molecule has 0 spiro atoms. The fourth-order valence-corrected chi connectivity index (χ4v) is 0. The molecular formula is H6FeNPPr. The van der Waals surface area contributed by atoms with Crippen LogP contribution in [0.1, 0.15) is 0 Å². The largest absolute Gasteiger partial charge is 0.344 e. The normalized spacial score (nSPS) is 0. The summed E-state index contributed by atoms with van der Waals surface area (Å²) in [6.07, 6.45) is 0. The van der Waals surface area contributed by atoms with E-state index in [2.05, 4.69) is 0 Å². The minimum atomic E-state index is 0. The minimum absolute atomic E-state index is 0. The average molecular weight is 248 g/mol. The number of rotatable bonds is 0. The van der Waals surface area contributed by atoms with Gasteiger partial charge in [-0.1, -0.05) is 0 Å². The Kier molecular flexibility index (Phi) is 157. The quantitative estimate of drug-likeness (QED) is 0.482. The maximum absolute atomic E-state index is 0. The van der Waals surface area contributed by atoms with Crippen LogP contribution in [-0.2, 0) is 17.1 Å². The topological polar surface area (TPSA) is 35.0 Å². The van der Waals surface area contributed by atoms with E-state index in [1.807, 2.05) is 0 Å². The summed E-state index contributed by atoms with van der Waals surface area (Å²) in [5, 5.41) is 0. The molecule has 0 saturated carbocycles. The van der Waals surface area contributed by atoms with Crippen LogP contribution >= 0.6 is 9.90 Å². The number of hydrogen-bond donors (Lipinski definition) is 1. The van der Waals surface area contributed by atoms with Crippen molar-refractivity contribution < 1.29 is 58.4 Å². The summed E-state index contributed by atoms with van der Waals surface area (Å²) < 4.78 is 0. The maximum atomic E-state index is 0. The van der Waals surface area contributed by atoms with Gasteiger partial charge >= 0.3 is 0 Å². The van der Waals surface area contributed by atoms with E-state index in [-0.39, 0.29) is 74.4 Å². The Morgan fingerprint density at radius 2 is 1.00 bits per heavy atom. The molecule has 1 nitrogen and oxygen atoms in total. The third-order valence-corrected chi connectivity index (χ3v) is 0. The third kappa shape index (κ3) is 8.86. The van der Waals surface area contributed by atoms with Gasteiger partial charge in [-0.25, -0.2) is 0 Å². The van der Waals surface area contributed by atoms with E-state index in [0.29, 0.717) is 0 Å². The molecule has 0 bridgehead atoms. The van der Waals surface area contributed by atoms with Crippen LogP contribution in [0, 0.1) is 41.3 Å². The molecule has 27 valence electrons. The molecule has 3 N–H and O–H groups in total. The second-order valence-corrected chi connectivity index (χ2v) is 0. The van der Waals surface area contributed by atoms with E-state index >= 15 is 0 Å². The molecule has 0 amide bonds. The first-order chi connectivity index (χ1) is 0. The molecule has 0 aliphatic heterocycles. The minimum Gasteiger partial charge on any atom is -0.344 e. The second kappa shape index (κ2) is 18.6. The summed E-state index contributed by atoms with van der Waals surface area (Å²) in [6, 6.07) is 0. The Hall–Kier alpha value is 2.27. The van der Waals surface area contributed by atoms with Gasteiger partial charge in [-0.15, -0.1) is 0 Å². The van der Waals surface area contributed by atoms with Crippen molar-refractivity contribution >= 4 is 9.90 Å². The predicted molar refractivity (Wildman–Crippen MR) is 16.1 cm³/mol. The van der Waals surface area contributed by atoms with Crippen LogP contribution < -0.4 is 6.15 Å². The van der Waals surface area contributed by atoms with Crippen molar-refractivity contribution in [2.24, 2.45) is 0 Å². The van der Waals surface area contributed by atoms with Gasteiger partial charge in [-0.2, -0.15) is 9.90 Å². The SMILES string of the molecule is N.P.[Fe].[Pr]. The standard InChI is InChI=1S/Fe.H3N.H3P.Pr/h;2*1H3;. The van der Waals surface area contributed by atoms with Gasteiger partial charge in [0.25, 0.3) is 0 Å². The maximum Gasteiger partial charge on any atom is 0 e. The summed E-state index contributed by atoms with van der Waals surface area (Å²) in [5.74, 6) is 0. The number of hydrogen-bond acceptors (Lipinski definition) is 1. The molecule has 0 aliphatic carbocycles. The van der Waals surface area contributed by atoms with Crippen LogP contribution in [0.3, 0.4) is 0 Å². The van der Waals surface area contributed by atoms with E-state index < -0.39 is 0 Å². The van der Waals surface area contributed by atoms with Crippen LogP contribution in [0.25, 0.3) is 0 Å². The first-order valence-electron chi connectivity index (χ1n) is 0. The zero-order valence-corrected chi connectivity index (χ0v) is 8.57. The van der Waals surface area contributed by atoms with E-state index in [1.54, 1.807) is 0 Å². The molecule has 0 saturated heterocycles. The Morgan fingerprint density at radius 1 is 1.00 bits per heavy atom. The van der Waals surface area contributed by atoms with Crippen molar-refractivity contribution in [2.75, 3.05) is 0 Å². The van der Waals surface area contributed by atoms with Gasteiger partial charge in [0.1, 0.15) is 0 Å². The van der Waals surface area contributed by atoms with E-state index in [1.165, 1.54) is 0 Å². The smallest absolute Gasteiger partial charge is 0 e. The van der Waals surface area contributed by atoms with Crippen molar-refractivity contribution in [3.05, 3.63) is 0 Å². The van der Waals surface area contributed by atoms with Gasteiger partial charge < -0.3 is 6.15 Å². The summed E-state index contributed by atoms with van der Waals surface area (Å²) >= 11 is 0. The molecule has 1 atom stereocenters. The Labute approximate surface area is 73.3 Å². The summed E-state index contributed by atoms with van der Waals surface area (Å²) in [5.41, 5.74) is 0. The molecule has 0 aromatic rings. The van der Waals surface area contributed by atoms with Gasteiger partial charge in [0.2, 0.25) is 0 Å². The fraction of sp³-hybridized carbons (Fsp3) is 0. The molecule has 4 heavy (non-hydrogen) atoms. The molecule has 0 fully saturated rings. The molecule has 1 radical (unpaired) electrons. The summed E-state index contributed by atoms with van der Waals surface area (Å²) in [7, 11) is 0. The second-order valence-electron chi connectivity index (χ2n) is 0. The molecular weight excluding hydrogens is 242 g/mol. The van der Waals surface area contributed by atoms with Gasteiger partial charge in [0.15, 0.2) is 0 Å². The van der Waals surface area contributed by atoms with Gasteiger partial charge in [0.05, 0.1) is 0 Å². The summed E-state index contributed by atoms with van der Waals surface area (Å²) in [4.78, 5) is 0. The van der Waals surface area contributed by atoms with Crippen molar-refractivity contribution in [3.63, 3.8) is 0 Å². The zero-order chi connectivity index (χ0) is 0. The first-order valence-corrected chi connectivity index (χ1v) is 0. The zero-order valence-electron chi connectivity index (χ0n) is 2.35. The molecule has 4 heteroatoms. The first kappa shape index (κ1) is 33.8. The Morgan fingerprint density at radius 3 is 1.00 bits per heavy atom. The van der Waals surface area contributed by atoms with Crippen LogP contribution in [0.15, 0.2) is 0 Å². The van der Waals surface area contributed by atoms with Crippen LogP contribution in [0.4, 0.5) is 0 Å². The van der Waals surface area contributed by atoms with Crippen LogP contribution in [0.5, 0.6) is 0 Å². The molecule has 0 aliphatic rings. The van der Waals surface area contributed by atoms with Gasteiger partial charge in [-0.05, 0) is 0 Å². The molecule has 0 aromatic heterocycles. The Bertz CT molecular complexity index is 8.00. The molecule has 0 heterocycles. The third-order valence-electron chi connectivity index (χ3n) is 0. The Balaban J connectivity index is 0. The van der Waals surface area contributed by atoms with E-state index in [4.69, 9.17) is 0 Å². The predicted octanol–water partition coefficient (Wildman–Crippen LogP) is 0.218. The molecule has 0 rings (SSSR count). The van der Waals surface area contributed by atoms with E-state index in [0.717, 1.165) is 0 Å². The van der Waals surface area contributed by atoms with Gasteiger partial charge in [0, 0.05) is 58.4 Å². The summed E-state index contributed by atoms with van der Waals surface area (Å²) in [6.45, 7) is 0. The van der Waals surface area contributed by atoms with Crippen molar-refractivity contribution in [1.82, 2.24) is 6.15 Å². The molecule has 0 aromatic carbocycles. The van der Waals surface area contributed by atoms with Crippen molar-refractivity contribution in [1.29, 1.82) is 0 Å². The van der Waals surface area contributed by atoms with Crippen LogP contribution in [-0.4, -0.2) is 0 Å². The van der Waals surface area contributed by atoms with Gasteiger partial charge in [-0.3, -0.25) is 0 Å². The molecule has 1 unspecified atom stereocenters. The average Bonchev–Trinajstić information content (AvgIpc) is 0. The fourth-order valence-electron chi connectivity index (χ4n) is 0. The monoisotopic (exact) mass is 248 g/mol. The van der Waals surface area contributed by atoms with E-state index in [9.17, 15) is 0 Å². The van der Waals surface area contributed by atoms with Crippen molar-refractivity contribution in [2.45, 2.75) is 0 Å². The van der Waals surface area contributed by atoms with Crippen LogP contribution in [0.2, 0.25) is 0 Å². The van der Waals surface area contributed by atoms with Crippen molar-refractivity contribution in [3.8, 4) is 0 Å².